The maximum atomic E-state index is 12.2. The Hall–Kier alpha value is -3.55. The number of anilines is 1. The van der Waals surface area contributed by atoms with Crippen molar-refractivity contribution in [2.45, 2.75) is 6.92 Å². The number of aryl methyl sites for hydroxylation is 1. The average molecular weight is 341 g/mol. The third-order valence-corrected chi connectivity index (χ3v) is 3.61. The van der Waals surface area contributed by atoms with E-state index in [0.29, 0.717) is 16.8 Å². The van der Waals surface area contributed by atoms with Gasteiger partial charge in [0.15, 0.2) is 5.78 Å². The average Bonchev–Trinajstić information content (AvgIpc) is 2.59. The molecule has 0 fully saturated rings. The summed E-state index contributed by atoms with van der Waals surface area (Å²) in [4.78, 5) is 33.1. The number of hydrogen-bond donors (Lipinski definition) is 1. The number of carbonyl (C=O) groups is 1. The molecule has 8 nitrogen and oxygen atoms in total. The molecular formula is C17H15N3O5. The van der Waals surface area contributed by atoms with Gasteiger partial charge in [-0.3, -0.25) is 25.0 Å². The number of rotatable bonds is 6. The largest absolute Gasteiger partial charge is 0.383 e. The lowest BCUT2D eigenvalue weighted by atomic mass is 10.1. The standard InChI is InChI=1S/C17H15N3O5/c1-11-3-6-13(10-15(11)19(22)23)17(21)8-5-12-4-7-14(18-2)16(9-12)20(24)25/h3-10,18H,1-2H3/b8-5+. The molecular weight excluding hydrogens is 326 g/mol. The highest BCUT2D eigenvalue weighted by Crippen LogP contribution is 2.26. The molecule has 2 rings (SSSR count). The molecule has 0 radical (unpaired) electrons. The van der Waals surface area contributed by atoms with Crippen LogP contribution in [0.5, 0.6) is 0 Å². The summed E-state index contributed by atoms with van der Waals surface area (Å²) < 4.78 is 0. The first-order chi connectivity index (χ1) is 11.8. The van der Waals surface area contributed by atoms with Gasteiger partial charge in [-0.1, -0.05) is 24.3 Å². The number of allylic oxidation sites excluding steroid dienone is 1. The number of nitro benzene ring substituents is 2. The van der Waals surface area contributed by atoms with Gasteiger partial charge >= 0.3 is 0 Å². The van der Waals surface area contributed by atoms with Crippen molar-refractivity contribution in [1.29, 1.82) is 0 Å². The predicted molar refractivity (Wildman–Crippen MR) is 93.8 cm³/mol. The Morgan fingerprint density at radius 1 is 1.04 bits per heavy atom. The van der Waals surface area contributed by atoms with Crippen LogP contribution < -0.4 is 5.32 Å². The fraction of sp³-hybridized carbons (Fsp3) is 0.118. The van der Waals surface area contributed by atoms with Crippen LogP contribution in [0.4, 0.5) is 17.1 Å². The lowest BCUT2D eigenvalue weighted by Crippen LogP contribution is -1.99. The predicted octanol–water partition coefficient (Wildman–Crippen LogP) is 3.75. The molecule has 25 heavy (non-hydrogen) atoms. The first kappa shape index (κ1) is 17.8. The van der Waals surface area contributed by atoms with E-state index in [1.807, 2.05) is 0 Å². The Balaban J connectivity index is 2.29. The van der Waals surface area contributed by atoms with Crippen LogP contribution in [0.25, 0.3) is 6.08 Å². The van der Waals surface area contributed by atoms with Gasteiger partial charge in [-0.15, -0.1) is 0 Å². The van der Waals surface area contributed by atoms with Crippen molar-refractivity contribution in [2.75, 3.05) is 12.4 Å². The van der Waals surface area contributed by atoms with Crippen LogP contribution in [0.15, 0.2) is 42.5 Å². The summed E-state index contributed by atoms with van der Waals surface area (Å²) in [7, 11) is 1.58. The zero-order chi connectivity index (χ0) is 18.6. The van der Waals surface area contributed by atoms with Gasteiger partial charge in [0, 0.05) is 30.3 Å². The molecule has 2 aromatic rings. The molecule has 8 heteroatoms. The van der Waals surface area contributed by atoms with Gasteiger partial charge in [0.05, 0.1) is 9.85 Å². The van der Waals surface area contributed by atoms with Crippen molar-refractivity contribution < 1.29 is 14.6 Å². The Morgan fingerprint density at radius 2 is 1.72 bits per heavy atom. The number of nitrogens with zero attached hydrogens (tertiary/aromatic N) is 2. The third-order valence-electron chi connectivity index (χ3n) is 3.61. The molecule has 0 saturated heterocycles. The summed E-state index contributed by atoms with van der Waals surface area (Å²) in [5.74, 6) is -0.427. The number of carbonyl (C=O) groups excluding carboxylic acids is 1. The van der Waals surface area contributed by atoms with Gasteiger partial charge in [0.25, 0.3) is 11.4 Å². The summed E-state index contributed by atoms with van der Waals surface area (Å²) in [6.07, 6.45) is 2.66. The van der Waals surface area contributed by atoms with Crippen LogP contribution in [0.1, 0.15) is 21.5 Å². The molecule has 0 heterocycles. The highest BCUT2D eigenvalue weighted by molar-refractivity contribution is 6.07. The van der Waals surface area contributed by atoms with E-state index in [1.165, 1.54) is 36.4 Å². The Labute approximate surface area is 143 Å². The highest BCUT2D eigenvalue weighted by Gasteiger charge is 2.14. The van der Waals surface area contributed by atoms with Gasteiger partial charge in [-0.2, -0.15) is 0 Å². The first-order valence-electron chi connectivity index (χ1n) is 7.27. The molecule has 1 N–H and O–H groups in total. The lowest BCUT2D eigenvalue weighted by molar-refractivity contribution is -0.385. The minimum absolute atomic E-state index is 0.108. The normalized spacial score (nSPS) is 10.6. The summed E-state index contributed by atoms with van der Waals surface area (Å²) in [5, 5.41) is 24.7. The minimum Gasteiger partial charge on any atom is -0.383 e. The second-order valence-electron chi connectivity index (χ2n) is 5.24. The lowest BCUT2D eigenvalue weighted by Gasteiger charge is -2.03. The second-order valence-corrected chi connectivity index (χ2v) is 5.24. The van der Waals surface area contributed by atoms with Crippen molar-refractivity contribution in [3.63, 3.8) is 0 Å². The van der Waals surface area contributed by atoms with Gasteiger partial charge in [-0.25, -0.2) is 0 Å². The first-order valence-corrected chi connectivity index (χ1v) is 7.27. The van der Waals surface area contributed by atoms with Crippen molar-refractivity contribution >= 4 is 28.9 Å². The third kappa shape index (κ3) is 4.05. The van der Waals surface area contributed by atoms with E-state index in [-0.39, 0.29) is 16.9 Å². The van der Waals surface area contributed by atoms with Crippen molar-refractivity contribution in [3.8, 4) is 0 Å². The van der Waals surface area contributed by atoms with Crippen LogP contribution in [0.2, 0.25) is 0 Å². The molecule has 0 spiro atoms. The van der Waals surface area contributed by atoms with E-state index < -0.39 is 15.6 Å². The van der Waals surface area contributed by atoms with Crippen molar-refractivity contribution in [1.82, 2.24) is 0 Å². The zero-order valence-corrected chi connectivity index (χ0v) is 13.6. The maximum absolute atomic E-state index is 12.2. The molecule has 0 aliphatic heterocycles. The summed E-state index contributed by atoms with van der Waals surface area (Å²) in [6.45, 7) is 1.59. The van der Waals surface area contributed by atoms with E-state index in [1.54, 1.807) is 26.1 Å². The maximum Gasteiger partial charge on any atom is 0.292 e. The Bertz CT molecular complexity index is 890. The molecule has 128 valence electrons. The van der Waals surface area contributed by atoms with E-state index in [2.05, 4.69) is 5.32 Å². The Morgan fingerprint density at radius 3 is 2.32 bits per heavy atom. The zero-order valence-electron chi connectivity index (χ0n) is 13.6. The monoisotopic (exact) mass is 341 g/mol. The Kier molecular flexibility index (Phi) is 5.23. The van der Waals surface area contributed by atoms with E-state index >= 15 is 0 Å². The van der Waals surface area contributed by atoms with Crippen LogP contribution in [0, 0.1) is 27.2 Å². The quantitative estimate of drug-likeness (QED) is 0.370. The van der Waals surface area contributed by atoms with Crippen LogP contribution in [0.3, 0.4) is 0 Å². The summed E-state index contributed by atoms with van der Waals surface area (Å²) in [5.41, 5.74) is 1.23. The minimum atomic E-state index is -0.546. The molecule has 0 saturated carbocycles. The summed E-state index contributed by atoms with van der Waals surface area (Å²) in [6, 6.07) is 8.73. The molecule has 0 unspecified atom stereocenters. The topological polar surface area (TPSA) is 115 Å². The second kappa shape index (κ2) is 7.35. The molecule has 0 aromatic heterocycles. The molecule has 2 aromatic carbocycles. The molecule has 0 atom stereocenters. The molecule has 0 aliphatic carbocycles. The fourth-order valence-electron chi connectivity index (χ4n) is 2.24. The van der Waals surface area contributed by atoms with Crippen LogP contribution in [-0.2, 0) is 0 Å². The van der Waals surface area contributed by atoms with Gasteiger partial charge < -0.3 is 5.32 Å². The number of nitrogens with one attached hydrogen (secondary N) is 1. The van der Waals surface area contributed by atoms with Gasteiger partial charge in [-0.05, 0) is 24.6 Å². The number of hydrogen-bond acceptors (Lipinski definition) is 6. The van der Waals surface area contributed by atoms with Crippen LogP contribution >= 0.6 is 0 Å². The molecule has 0 amide bonds. The molecule has 0 aliphatic rings. The highest BCUT2D eigenvalue weighted by atomic mass is 16.6. The molecule has 0 bridgehead atoms. The number of nitro groups is 2. The van der Waals surface area contributed by atoms with E-state index in [0.717, 1.165) is 0 Å². The smallest absolute Gasteiger partial charge is 0.292 e. The SMILES string of the molecule is CNc1ccc(/C=C/C(=O)c2ccc(C)c([N+](=O)[O-])c2)cc1[N+](=O)[O-]. The van der Waals surface area contributed by atoms with E-state index in [9.17, 15) is 25.0 Å². The fourth-order valence-corrected chi connectivity index (χ4v) is 2.24. The van der Waals surface area contributed by atoms with Crippen molar-refractivity contribution in [3.05, 3.63) is 79.4 Å². The van der Waals surface area contributed by atoms with Gasteiger partial charge in [0.2, 0.25) is 0 Å². The van der Waals surface area contributed by atoms with Crippen molar-refractivity contribution in [2.24, 2.45) is 0 Å². The van der Waals surface area contributed by atoms with E-state index in [4.69, 9.17) is 0 Å². The number of ketones is 1. The van der Waals surface area contributed by atoms with Crippen LogP contribution in [-0.4, -0.2) is 22.7 Å². The number of benzene rings is 2. The van der Waals surface area contributed by atoms with Gasteiger partial charge in [0.1, 0.15) is 5.69 Å². The summed E-state index contributed by atoms with van der Waals surface area (Å²) >= 11 is 0.